The van der Waals surface area contributed by atoms with Crippen molar-refractivity contribution >= 4 is 11.8 Å². The third kappa shape index (κ3) is 2.65. The quantitative estimate of drug-likeness (QED) is 0.834. The van der Waals surface area contributed by atoms with Crippen molar-refractivity contribution in [3.05, 3.63) is 30.2 Å². The molecule has 0 spiro atoms. The van der Waals surface area contributed by atoms with Gasteiger partial charge < -0.3 is 14.9 Å². The largest absolute Gasteiger partial charge is 0.392 e. The zero-order valence-corrected chi connectivity index (χ0v) is 11.4. The van der Waals surface area contributed by atoms with Gasteiger partial charge in [-0.2, -0.15) is 4.98 Å². The van der Waals surface area contributed by atoms with Crippen LogP contribution >= 0.6 is 11.8 Å². The Morgan fingerprint density at radius 2 is 2.16 bits per heavy atom. The molecule has 2 atom stereocenters. The van der Waals surface area contributed by atoms with Crippen LogP contribution in [0.25, 0.3) is 11.4 Å². The molecule has 1 aliphatic rings. The second kappa shape index (κ2) is 5.32. The van der Waals surface area contributed by atoms with Gasteiger partial charge in [0.2, 0.25) is 11.7 Å². The predicted octanol–water partition coefficient (Wildman–Crippen LogP) is 1.85. The molecule has 1 aliphatic heterocycles. The van der Waals surface area contributed by atoms with Gasteiger partial charge in [-0.1, -0.05) is 5.16 Å². The highest BCUT2D eigenvalue weighted by atomic mass is 32.2. The van der Waals surface area contributed by atoms with Gasteiger partial charge in [0.25, 0.3) is 0 Å². The van der Waals surface area contributed by atoms with Gasteiger partial charge in [0.1, 0.15) is 0 Å². The average molecular weight is 277 g/mol. The number of nitrogens with zero attached hydrogens (tertiary/aromatic N) is 2. The second-order valence-corrected chi connectivity index (χ2v) is 5.41. The molecule has 2 unspecified atom stereocenters. The zero-order chi connectivity index (χ0) is 13.2. The van der Waals surface area contributed by atoms with E-state index in [0.717, 1.165) is 5.56 Å². The van der Waals surface area contributed by atoms with Crippen molar-refractivity contribution in [2.24, 2.45) is 0 Å². The van der Waals surface area contributed by atoms with E-state index in [1.807, 2.05) is 30.5 Å². The van der Waals surface area contributed by atoms with Gasteiger partial charge in [-0.15, -0.1) is 11.8 Å². The van der Waals surface area contributed by atoms with E-state index < -0.39 is 0 Å². The van der Waals surface area contributed by atoms with Gasteiger partial charge in [0.05, 0.1) is 12.1 Å². The molecule has 100 valence electrons. The first kappa shape index (κ1) is 12.7. The van der Waals surface area contributed by atoms with Crippen LogP contribution in [0.5, 0.6) is 0 Å². The van der Waals surface area contributed by atoms with Gasteiger partial charge in [-0.3, -0.25) is 0 Å². The van der Waals surface area contributed by atoms with Crippen molar-refractivity contribution in [3.63, 3.8) is 0 Å². The first-order valence-electron chi connectivity index (χ1n) is 6.16. The summed E-state index contributed by atoms with van der Waals surface area (Å²) in [5.74, 6) is 1.13. The molecule has 2 N–H and O–H groups in total. The van der Waals surface area contributed by atoms with E-state index in [1.54, 1.807) is 11.8 Å². The van der Waals surface area contributed by atoms with Crippen LogP contribution in [-0.4, -0.2) is 34.2 Å². The number of thioether (sulfide) groups is 1. The summed E-state index contributed by atoms with van der Waals surface area (Å²) in [4.78, 5) is 5.60. The highest BCUT2D eigenvalue weighted by Crippen LogP contribution is 2.25. The van der Waals surface area contributed by atoms with E-state index in [1.165, 1.54) is 4.90 Å². The lowest BCUT2D eigenvalue weighted by atomic mass is 10.2. The fourth-order valence-electron chi connectivity index (χ4n) is 2.14. The summed E-state index contributed by atoms with van der Waals surface area (Å²) in [5.41, 5.74) is 0.936. The number of rotatable bonds is 3. The molecule has 19 heavy (non-hydrogen) atoms. The van der Waals surface area contributed by atoms with E-state index in [-0.39, 0.29) is 12.1 Å². The number of aliphatic hydroxyl groups is 1. The van der Waals surface area contributed by atoms with Crippen LogP contribution in [0.4, 0.5) is 0 Å². The Bertz CT molecular complexity index is 555. The van der Waals surface area contributed by atoms with Crippen molar-refractivity contribution in [2.45, 2.75) is 23.5 Å². The van der Waals surface area contributed by atoms with Gasteiger partial charge >= 0.3 is 0 Å². The number of nitrogens with one attached hydrogen (secondary N) is 1. The Morgan fingerprint density at radius 3 is 2.79 bits per heavy atom. The Hall–Kier alpha value is -1.37. The van der Waals surface area contributed by atoms with Gasteiger partial charge in [-0.25, -0.2) is 0 Å². The lowest BCUT2D eigenvalue weighted by Crippen LogP contribution is -2.15. The number of aliphatic hydroxyl groups excluding tert-OH is 1. The summed E-state index contributed by atoms with van der Waals surface area (Å²) in [6, 6.07) is 8.00. The SMILES string of the molecule is CSc1ccc(-c2noc(C3CC(O)CN3)n2)cc1. The monoisotopic (exact) mass is 277 g/mol. The van der Waals surface area contributed by atoms with E-state index in [9.17, 15) is 5.11 Å². The van der Waals surface area contributed by atoms with Crippen LogP contribution in [-0.2, 0) is 0 Å². The Morgan fingerprint density at radius 1 is 1.37 bits per heavy atom. The lowest BCUT2D eigenvalue weighted by Gasteiger charge is -2.01. The average Bonchev–Trinajstić information content (AvgIpc) is 3.07. The second-order valence-electron chi connectivity index (χ2n) is 4.54. The topological polar surface area (TPSA) is 71.2 Å². The van der Waals surface area contributed by atoms with Crippen molar-refractivity contribution in [2.75, 3.05) is 12.8 Å². The molecule has 2 heterocycles. The van der Waals surface area contributed by atoms with Crippen LogP contribution in [0.1, 0.15) is 18.4 Å². The Balaban J connectivity index is 1.80. The van der Waals surface area contributed by atoms with Crippen LogP contribution in [0, 0.1) is 0 Å². The lowest BCUT2D eigenvalue weighted by molar-refractivity contribution is 0.191. The summed E-state index contributed by atoms with van der Waals surface area (Å²) in [5, 5.41) is 16.6. The summed E-state index contributed by atoms with van der Waals surface area (Å²) >= 11 is 1.70. The van der Waals surface area contributed by atoms with Gasteiger partial charge in [0, 0.05) is 17.0 Å². The number of aromatic nitrogens is 2. The molecule has 1 fully saturated rings. The molecule has 3 rings (SSSR count). The molecule has 1 aromatic heterocycles. The summed E-state index contributed by atoms with van der Waals surface area (Å²) in [6.45, 7) is 0.574. The molecule has 6 heteroatoms. The molecule has 2 aromatic rings. The third-order valence-corrected chi connectivity index (χ3v) is 3.94. The molecule has 1 aromatic carbocycles. The van der Waals surface area contributed by atoms with Crippen molar-refractivity contribution in [3.8, 4) is 11.4 Å². The fourth-order valence-corrected chi connectivity index (χ4v) is 2.55. The number of β-amino-alcohol motifs (C(OH)–C–C–N with tert-alkyl or cyclic N) is 1. The molecule has 0 radical (unpaired) electrons. The van der Waals surface area contributed by atoms with Crippen molar-refractivity contribution in [1.29, 1.82) is 0 Å². The van der Waals surface area contributed by atoms with Crippen LogP contribution < -0.4 is 5.32 Å². The van der Waals surface area contributed by atoms with E-state index in [0.29, 0.717) is 24.7 Å². The smallest absolute Gasteiger partial charge is 0.244 e. The standard InChI is InChI=1S/C13H15N3O2S/c1-19-10-4-2-8(3-5-10)12-15-13(18-16-12)11-6-9(17)7-14-11/h2-5,9,11,14,17H,6-7H2,1H3. The minimum absolute atomic E-state index is 0.0401. The Labute approximate surface area is 115 Å². The predicted molar refractivity (Wildman–Crippen MR) is 72.9 cm³/mol. The van der Waals surface area contributed by atoms with E-state index in [2.05, 4.69) is 15.5 Å². The van der Waals surface area contributed by atoms with Crippen LogP contribution in [0.3, 0.4) is 0 Å². The maximum Gasteiger partial charge on any atom is 0.244 e. The molecule has 0 amide bonds. The normalized spacial score (nSPS) is 22.8. The highest BCUT2D eigenvalue weighted by molar-refractivity contribution is 7.98. The Kier molecular flexibility index (Phi) is 3.54. The summed E-state index contributed by atoms with van der Waals surface area (Å²) < 4.78 is 5.27. The molecule has 1 saturated heterocycles. The molecule has 5 nitrogen and oxygen atoms in total. The third-order valence-electron chi connectivity index (χ3n) is 3.20. The fraction of sp³-hybridized carbons (Fsp3) is 0.385. The molecule has 0 aliphatic carbocycles. The minimum Gasteiger partial charge on any atom is -0.392 e. The minimum atomic E-state index is -0.332. The molecular formula is C13H15N3O2S. The number of benzene rings is 1. The zero-order valence-electron chi connectivity index (χ0n) is 10.5. The summed E-state index contributed by atoms with van der Waals surface area (Å²) in [7, 11) is 0. The maximum atomic E-state index is 9.49. The summed E-state index contributed by atoms with van der Waals surface area (Å²) in [6.07, 6.45) is 2.33. The molecule has 0 bridgehead atoms. The van der Waals surface area contributed by atoms with Crippen LogP contribution in [0.2, 0.25) is 0 Å². The maximum absolute atomic E-state index is 9.49. The number of hydrogen-bond donors (Lipinski definition) is 2. The number of hydrogen-bond acceptors (Lipinski definition) is 6. The first-order valence-corrected chi connectivity index (χ1v) is 7.38. The van der Waals surface area contributed by atoms with E-state index >= 15 is 0 Å². The van der Waals surface area contributed by atoms with Gasteiger partial charge in [-0.05, 0) is 36.9 Å². The van der Waals surface area contributed by atoms with E-state index in [4.69, 9.17) is 4.52 Å². The first-order chi connectivity index (χ1) is 9.26. The van der Waals surface area contributed by atoms with Crippen molar-refractivity contribution in [1.82, 2.24) is 15.5 Å². The molecular weight excluding hydrogens is 262 g/mol. The highest BCUT2D eigenvalue weighted by Gasteiger charge is 2.28. The van der Waals surface area contributed by atoms with Gasteiger partial charge in [0.15, 0.2) is 0 Å². The van der Waals surface area contributed by atoms with Crippen LogP contribution in [0.15, 0.2) is 33.7 Å². The molecule has 0 saturated carbocycles. The van der Waals surface area contributed by atoms with Crippen molar-refractivity contribution < 1.29 is 9.63 Å².